The van der Waals surface area contributed by atoms with Gasteiger partial charge in [-0.25, -0.2) is 0 Å². The molecule has 0 aliphatic heterocycles. The lowest BCUT2D eigenvalue weighted by atomic mass is 9.84. The minimum atomic E-state index is 0.0362. The fourth-order valence-electron chi connectivity index (χ4n) is 2.54. The van der Waals surface area contributed by atoms with E-state index in [1.807, 2.05) is 30.3 Å². The van der Waals surface area contributed by atoms with E-state index in [1.54, 1.807) is 20.3 Å². The number of methoxy groups -OCH3 is 2. The van der Waals surface area contributed by atoms with Crippen molar-refractivity contribution in [2.24, 2.45) is 0 Å². The molecule has 0 atom stereocenters. The highest BCUT2D eigenvalue weighted by Crippen LogP contribution is 2.36. The molecule has 0 saturated carbocycles. The predicted molar refractivity (Wildman–Crippen MR) is 72.2 cm³/mol. The molecular formula is C16H14O3. The summed E-state index contributed by atoms with van der Waals surface area (Å²) in [6.45, 7) is 0. The van der Waals surface area contributed by atoms with E-state index in [1.165, 1.54) is 0 Å². The highest BCUT2D eigenvalue weighted by atomic mass is 16.5. The Morgan fingerprint density at radius 3 is 2.53 bits per heavy atom. The zero-order valence-electron chi connectivity index (χ0n) is 10.9. The van der Waals surface area contributed by atoms with Gasteiger partial charge in [0.2, 0.25) is 0 Å². The number of ketones is 1. The Bertz CT molecular complexity index is 659. The van der Waals surface area contributed by atoms with Gasteiger partial charge in [-0.1, -0.05) is 24.3 Å². The zero-order chi connectivity index (χ0) is 13.4. The van der Waals surface area contributed by atoms with Crippen LogP contribution in [0, 0.1) is 0 Å². The third kappa shape index (κ3) is 1.78. The number of fused-ring (bicyclic) bond motifs is 2. The fraction of sp³-hybridized carbons (Fsp3) is 0.188. The summed E-state index contributed by atoms with van der Waals surface area (Å²) in [6, 6.07) is 11.3. The van der Waals surface area contributed by atoms with Gasteiger partial charge in [0.15, 0.2) is 5.78 Å². The summed E-state index contributed by atoms with van der Waals surface area (Å²) in [5.74, 6) is 1.38. The van der Waals surface area contributed by atoms with Crippen LogP contribution >= 0.6 is 0 Å². The van der Waals surface area contributed by atoms with Crippen molar-refractivity contribution in [1.82, 2.24) is 0 Å². The minimum absolute atomic E-state index is 0.0362. The van der Waals surface area contributed by atoms with Crippen molar-refractivity contribution in [1.29, 1.82) is 0 Å². The molecule has 2 aromatic rings. The lowest BCUT2D eigenvalue weighted by Crippen LogP contribution is -2.16. The summed E-state index contributed by atoms with van der Waals surface area (Å²) in [5, 5.41) is 0. The van der Waals surface area contributed by atoms with Crippen molar-refractivity contribution in [3.05, 3.63) is 58.7 Å². The molecule has 0 fully saturated rings. The summed E-state index contributed by atoms with van der Waals surface area (Å²) in [7, 11) is 3.20. The quantitative estimate of drug-likeness (QED) is 0.705. The van der Waals surface area contributed by atoms with Gasteiger partial charge in [-0.15, -0.1) is 0 Å². The molecule has 19 heavy (non-hydrogen) atoms. The summed E-state index contributed by atoms with van der Waals surface area (Å²) in [6.07, 6.45) is 0.713. The fourth-order valence-corrected chi connectivity index (χ4v) is 2.54. The molecule has 0 spiro atoms. The second-order valence-corrected chi connectivity index (χ2v) is 4.52. The summed E-state index contributed by atoms with van der Waals surface area (Å²) >= 11 is 0. The second kappa shape index (κ2) is 4.43. The second-order valence-electron chi connectivity index (χ2n) is 4.52. The molecule has 1 aliphatic rings. The van der Waals surface area contributed by atoms with Crippen molar-refractivity contribution < 1.29 is 14.3 Å². The van der Waals surface area contributed by atoms with Gasteiger partial charge in [-0.2, -0.15) is 0 Å². The number of ether oxygens (including phenoxy) is 2. The molecule has 0 N–H and O–H groups in total. The Morgan fingerprint density at radius 1 is 1.00 bits per heavy atom. The zero-order valence-corrected chi connectivity index (χ0v) is 10.9. The first kappa shape index (κ1) is 11.8. The van der Waals surface area contributed by atoms with Crippen LogP contribution in [0.4, 0.5) is 0 Å². The van der Waals surface area contributed by atoms with E-state index in [-0.39, 0.29) is 5.78 Å². The van der Waals surface area contributed by atoms with Crippen molar-refractivity contribution >= 4 is 5.78 Å². The van der Waals surface area contributed by atoms with Crippen LogP contribution in [0.25, 0.3) is 0 Å². The van der Waals surface area contributed by atoms with E-state index in [9.17, 15) is 4.79 Å². The molecule has 0 aromatic heterocycles. The van der Waals surface area contributed by atoms with Gasteiger partial charge >= 0.3 is 0 Å². The molecule has 3 nitrogen and oxygen atoms in total. The predicted octanol–water partition coefficient (Wildman–Crippen LogP) is 2.84. The lowest BCUT2D eigenvalue weighted by Gasteiger charge is -2.21. The van der Waals surface area contributed by atoms with Crippen LogP contribution in [0.1, 0.15) is 27.0 Å². The van der Waals surface area contributed by atoms with Crippen LogP contribution in [0.15, 0.2) is 36.4 Å². The first-order valence-electron chi connectivity index (χ1n) is 6.12. The maximum absolute atomic E-state index is 12.5. The summed E-state index contributed by atoms with van der Waals surface area (Å²) in [4.78, 5) is 12.5. The van der Waals surface area contributed by atoms with Crippen LogP contribution in [-0.2, 0) is 6.42 Å². The van der Waals surface area contributed by atoms with Crippen LogP contribution in [0.2, 0.25) is 0 Å². The maximum Gasteiger partial charge on any atom is 0.193 e. The lowest BCUT2D eigenvalue weighted by molar-refractivity contribution is 0.103. The minimum Gasteiger partial charge on any atom is -0.497 e. The van der Waals surface area contributed by atoms with Gasteiger partial charge in [0.25, 0.3) is 0 Å². The highest BCUT2D eigenvalue weighted by molar-refractivity contribution is 6.13. The van der Waals surface area contributed by atoms with E-state index in [0.29, 0.717) is 23.5 Å². The van der Waals surface area contributed by atoms with Crippen molar-refractivity contribution in [3.63, 3.8) is 0 Å². The number of carbonyl (C=O) groups is 1. The molecule has 0 heterocycles. The number of hydrogen-bond donors (Lipinski definition) is 0. The molecule has 0 amide bonds. The normalized spacial score (nSPS) is 12.6. The Balaban J connectivity index is 2.22. The Kier molecular flexibility index (Phi) is 2.75. The van der Waals surface area contributed by atoms with E-state index in [4.69, 9.17) is 9.47 Å². The molecule has 0 unspecified atom stereocenters. The molecule has 3 heteroatoms. The molecule has 0 saturated heterocycles. The van der Waals surface area contributed by atoms with Gasteiger partial charge in [0.05, 0.1) is 14.2 Å². The average Bonchev–Trinajstić information content (AvgIpc) is 2.47. The average molecular weight is 254 g/mol. The first-order valence-corrected chi connectivity index (χ1v) is 6.12. The number of benzene rings is 2. The van der Waals surface area contributed by atoms with Crippen LogP contribution < -0.4 is 9.47 Å². The SMILES string of the molecule is COc1cc(OC)c2c(c1)C(=O)c1ccccc1C2. The Morgan fingerprint density at radius 2 is 1.79 bits per heavy atom. The third-order valence-corrected chi connectivity index (χ3v) is 3.51. The topological polar surface area (TPSA) is 35.5 Å². The molecule has 96 valence electrons. The van der Waals surface area contributed by atoms with Crippen LogP contribution in [0.5, 0.6) is 11.5 Å². The highest BCUT2D eigenvalue weighted by Gasteiger charge is 2.26. The van der Waals surface area contributed by atoms with E-state index in [2.05, 4.69) is 0 Å². The maximum atomic E-state index is 12.5. The van der Waals surface area contributed by atoms with Gasteiger partial charge < -0.3 is 9.47 Å². The van der Waals surface area contributed by atoms with E-state index >= 15 is 0 Å². The first-order chi connectivity index (χ1) is 9.24. The summed E-state index contributed by atoms with van der Waals surface area (Å²) < 4.78 is 10.6. The molecule has 2 aromatic carbocycles. The largest absolute Gasteiger partial charge is 0.497 e. The smallest absolute Gasteiger partial charge is 0.193 e. The molecule has 3 rings (SSSR count). The monoisotopic (exact) mass is 254 g/mol. The molecular weight excluding hydrogens is 240 g/mol. The summed E-state index contributed by atoms with van der Waals surface area (Å²) in [5.41, 5.74) is 3.43. The van der Waals surface area contributed by atoms with E-state index in [0.717, 1.165) is 16.7 Å². The molecule has 0 radical (unpaired) electrons. The Hall–Kier alpha value is -2.29. The molecule has 1 aliphatic carbocycles. The number of carbonyl (C=O) groups excluding carboxylic acids is 1. The van der Waals surface area contributed by atoms with Gasteiger partial charge in [-0.3, -0.25) is 4.79 Å². The van der Waals surface area contributed by atoms with Gasteiger partial charge in [0.1, 0.15) is 11.5 Å². The third-order valence-electron chi connectivity index (χ3n) is 3.51. The number of rotatable bonds is 2. The van der Waals surface area contributed by atoms with Crippen molar-refractivity contribution in [3.8, 4) is 11.5 Å². The van der Waals surface area contributed by atoms with Gasteiger partial charge in [0, 0.05) is 29.2 Å². The standard InChI is InChI=1S/C16H14O3/c1-18-11-8-14-13(15(9-11)19-2)7-10-5-3-4-6-12(10)16(14)17/h3-6,8-9H,7H2,1-2H3. The van der Waals surface area contributed by atoms with Crippen molar-refractivity contribution in [2.45, 2.75) is 6.42 Å². The van der Waals surface area contributed by atoms with Crippen molar-refractivity contribution in [2.75, 3.05) is 14.2 Å². The van der Waals surface area contributed by atoms with E-state index < -0.39 is 0 Å². The number of hydrogen-bond acceptors (Lipinski definition) is 3. The van der Waals surface area contributed by atoms with Crippen LogP contribution in [-0.4, -0.2) is 20.0 Å². The molecule has 0 bridgehead atoms. The van der Waals surface area contributed by atoms with Gasteiger partial charge in [-0.05, 0) is 11.6 Å². The Labute approximate surface area is 111 Å². The van der Waals surface area contributed by atoms with Crippen LogP contribution in [0.3, 0.4) is 0 Å².